The maximum Gasteiger partial charge on any atom is 0.225 e. The lowest BCUT2D eigenvalue weighted by Gasteiger charge is -2.16. The zero-order chi connectivity index (χ0) is 18.0. The second-order valence-electron chi connectivity index (χ2n) is 6.64. The van der Waals surface area contributed by atoms with Crippen LogP contribution in [0.5, 0.6) is 0 Å². The Kier molecular flexibility index (Phi) is 5.48. The number of aryl methyl sites for hydroxylation is 3. The smallest absolute Gasteiger partial charge is 0.225 e. The van der Waals surface area contributed by atoms with E-state index in [-0.39, 0.29) is 17.7 Å². The van der Waals surface area contributed by atoms with E-state index in [2.05, 4.69) is 46.3 Å². The van der Waals surface area contributed by atoms with Crippen molar-refractivity contribution in [3.05, 3.63) is 27.2 Å². The maximum atomic E-state index is 12.8. The van der Waals surface area contributed by atoms with Gasteiger partial charge in [0.25, 0.3) is 0 Å². The van der Waals surface area contributed by atoms with Crippen LogP contribution in [0.25, 0.3) is 0 Å². The summed E-state index contributed by atoms with van der Waals surface area (Å²) in [5, 5.41) is 13.1. The van der Waals surface area contributed by atoms with Crippen LogP contribution in [-0.2, 0) is 24.2 Å². The lowest BCUT2D eigenvalue weighted by molar-refractivity contribution is -0.125. The number of H-pyrrole nitrogens is 1. The maximum absolute atomic E-state index is 12.8. The summed E-state index contributed by atoms with van der Waals surface area (Å²) < 4.78 is 0. The van der Waals surface area contributed by atoms with E-state index in [9.17, 15) is 4.79 Å². The monoisotopic (exact) mass is 362 g/mol. The van der Waals surface area contributed by atoms with Crippen LogP contribution in [0.15, 0.2) is 0 Å². The Bertz CT molecular complexity index is 739. The Labute approximate surface area is 152 Å². The van der Waals surface area contributed by atoms with E-state index in [1.807, 2.05) is 6.92 Å². The molecule has 1 saturated heterocycles. The van der Waals surface area contributed by atoms with Crippen molar-refractivity contribution in [1.82, 2.24) is 30.4 Å². The van der Waals surface area contributed by atoms with Crippen molar-refractivity contribution >= 4 is 17.2 Å². The molecule has 1 fully saturated rings. The minimum atomic E-state index is -0.0877. The predicted molar refractivity (Wildman–Crippen MR) is 97.6 cm³/mol. The number of likely N-dealkylation sites (tertiary alicyclic amines) is 1. The molecule has 0 unspecified atom stereocenters. The molecule has 2 aromatic heterocycles. The van der Waals surface area contributed by atoms with Crippen LogP contribution in [0.3, 0.4) is 0 Å². The summed E-state index contributed by atoms with van der Waals surface area (Å²) in [7, 11) is 2.06. The highest BCUT2D eigenvalue weighted by Gasteiger charge is 2.39. The van der Waals surface area contributed by atoms with Gasteiger partial charge < -0.3 is 15.2 Å². The molecule has 1 aliphatic rings. The lowest BCUT2D eigenvalue weighted by atomic mass is 9.91. The lowest BCUT2D eigenvalue weighted by Crippen LogP contribution is -2.34. The highest BCUT2D eigenvalue weighted by atomic mass is 32.1. The van der Waals surface area contributed by atoms with Crippen molar-refractivity contribution in [3.8, 4) is 0 Å². The molecule has 2 aromatic rings. The van der Waals surface area contributed by atoms with Gasteiger partial charge >= 0.3 is 0 Å². The van der Waals surface area contributed by atoms with E-state index in [4.69, 9.17) is 4.98 Å². The summed E-state index contributed by atoms with van der Waals surface area (Å²) in [5.41, 5.74) is 2.11. The average Bonchev–Trinajstić information content (AvgIpc) is 3.30. The van der Waals surface area contributed by atoms with Crippen molar-refractivity contribution in [1.29, 1.82) is 0 Å². The first kappa shape index (κ1) is 18.0. The standard InChI is InChI=1S/C17H26N6OS/c1-5-13-19-10(3)16(20-13)11-8-23(4)9-12(11)17(24)18-7-15-22-21-14(6-2)25-15/h11-12H,5-9H2,1-4H3,(H,18,24)(H,19,20)/t11-,12-/m1/s1. The van der Waals surface area contributed by atoms with Crippen LogP contribution in [0.1, 0.15) is 47.0 Å². The number of likely N-dealkylation sites (N-methyl/N-ethyl adjacent to an activating group) is 1. The Morgan fingerprint density at radius 1 is 1.28 bits per heavy atom. The molecule has 0 aliphatic carbocycles. The van der Waals surface area contributed by atoms with Crippen LogP contribution in [0.4, 0.5) is 0 Å². The van der Waals surface area contributed by atoms with Crippen LogP contribution >= 0.6 is 11.3 Å². The number of nitrogens with zero attached hydrogens (tertiary/aromatic N) is 4. The number of rotatable bonds is 6. The molecule has 0 bridgehead atoms. The second kappa shape index (κ2) is 7.61. The van der Waals surface area contributed by atoms with E-state index in [0.717, 1.165) is 53.2 Å². The number of imidazole rings is 1. The van der Waals surface area contributed by atoms with E-state index < -0.39 is 0 Å². The number of aromatic amines is 1. The summed E-state index contributed by atoms with van der Waals surface area (Å²) in [6.07, 6.45) is 1.75. The summed E-state index contributed by atoms with van der Waals surface area (Å²) >= 11 is 1.56. The topological polar surface area (TPSA) is 86.8 Å². The van der Waals surface area contributed by atoms with Crippen LogP contribution in [-0.4, -0.2) is 51.1 Å². The van der Waals surface area contributed by atoms with Crippen LogP contribution in [0.2, 0.25) is 0 Å². The zero-order valence-corrected chi connectivity index (χ0v) is 16.1. The molecule has 8 heteroatoms. The van der Waals surface area contributed by atoms with Gasteiger partial charge in [-0.3, -0.25) is 4.79 Å². The van der Waals surface area contributed by atoms with Crippen molar-refractivity contribution in [2.24, 2.45) is 5.92 Å². The second-order valence-corrected chi connectivity index (χ2v) is 7.79. The third kappa shape index (κ3) is 3.90. The molecular weight excluding hydrogens is 336 g/mol. The Morgan fingerprint density at radius 3 is 2.68 bits per heavy atom. The third-order valence-electron chi connectivity index (χ3n) is 4.72. The van der Waals surface area contributed by atoms with Crippen molar-refractivity contribution < 1.29 is 4.79 Å². The van der Waals surface area contributed by atoms with Crippen LogP contribution in [0, 0.1) is 12.8 Å². The number of carbonyl (C=O) groups excluding carboxylic acids is 1. The molecule has 0 saturated carbocycles. The number of hydrogen-bond acceptors (Lipinski definition) is 6. The predicted octanol–water partition coefficient (Wildman–Crippen LogP) is 1.66. The SMILES string of the molecule is CCc1nc([C@@H]2CN(C)C[C@H]2C(=O)NCc2nnc(CC)s2)c(C)[nH]1. The minimum absolute atomic E-state index is 0.0723. The van der Waals surface area contributed by atoms with Gasteiger partial charge in [0, 0.05) is 31.1 Å². The van der Waals surface area contributed by atoms with Gasteiger partial charge in [0.05, 0.1) is 18.2 Å². The molecule has 136 valence electrons. The molecule has 3 heterocycles. The van der Waals surface area contributed by atoms with Gasteiger partial charge in [0.15, 0.2) is 0 Å². The van der Waals surface area contributed by atoms with Gasteiger partial charge in [-0.05, 0) is 20.4 Å². The molecule has 1 amide bonds. The normalized spacial score (nSPS) is 21.0. The van der Waals surface area contributed by atoms with Gasteiger partial charge in [-0.1, -0.05) is 25.2 Å². The van der Waals surface area contributed by atoms with Gasteiger partial charge in [0.2, 0.25) is 5.91 Å². The summed E-state index contributed by atoms with van der Waals surface area (Å²) in [6, 6.07) is 0. The zero-order valence-electron chi connectivity index (χ0n) is 15.3. The molecule has 1 aliphatic heterocycles. The molecule has 0 aromatic carbocycles. The molecule has 25 heavy (non-hydrogen) atoms. The van der Waals surface area contributed by atoms with E-state index in [1.54, 1.807) is 11.3 Å². The molecule has 3 rings (SSSR count). The molecule has 0 radical (unpaired) electrons. The number of amides is 1. The van der Waals surface area contributed by atoms with Crippen molar-refractivity contribution in [2.45, 2.75) is 46.1 Å². The molecule has 2 atom stereocenters. The van der Waals surface area contributed by atoms with Crippen molar-refractivity contribution in [2.75, 3.05) is 20.1 Å². The fourth-order valence-electron chi connectivity index (χ4n) is 3.41. The summed E-state index contributed by atoms with van der Waals surface area (Å²) in [4.78, 5) is 23.1. The molecule has 2 N–H and O–H groups in total. The van der Waals surface area contributed by atoms with E-state index in [0.29, 0.717) is 6.54 Å². The first-order valence-corrected chi connectivity index (χ1v) is 9.66. The highest BCUT2D eigenvalue weighted by Crippen LogP contribution is 2.33. The van der Waals surface area contributed by atoms with Gasteiger partial charge in [-0.2, -0.15) is 0 Å². The first-order chi connectivity index (χ1) is 12.0. The number of carbonyl (C=O) groups is 1. The van der Waals surface area contributed by atoms with Gasteiger partial charge in [-0.15, -0.1) is 10.2 Å². The Hall–Kier alpha value is -1.80. The number of aromatic nitrogens is 4. The Morgan fingerprint density at radius 2 is 2.04 bits per heavy atom. The summed E-state index contributed by atoms with van der Waals surface area (Å²) in [5.74, 6) is 1.10. The fraction of sp³-hybridized carbons (Fsp3) is 0.647. The van der Waals surface area contributed by atoms with E-state index >= 15 is 0 Å². The largest absolute Gasteiger partial charge is 0.349 e. The molecular formula is C17H26N6OS. The third-order valence-corrected chi connectivity index (χ3v) is 5.79. The van der Waals surface area contributed by atoms with Gasteiger partial charge in [-0.25, -0.2) is 4.98 Å². The fourth-order valence-corrected chi connectivity index (χ4v) is 4.13. The van der Waals surface area contributed by atoms with Crippen molar-refractivity contribution in [3.63, 3.8) is 0 Å². The highest BCUT2D eigenvalue weighted by molar-refractivity contribution is 7.11. The number of hydrogen-bond donors (Lipinski definition) is 2. The van der Waals surface area contributed by atoms with E-state index in [1.165, 1.54) is 0 Å². The average molecular weight is 363 g/mol. The molecule has 0 spiro atoms. The number of nitrogens with one attached hydrogen (secondary N) is 2. The first-order valence-electron chi connectivity index (χ1n) is 8.84. The van der Waals surface area contributed by atoms with Gasteiger partial charge in [0.1, 0.15) is 15.8 Å². The molecule has 7 nitrogen and oxygen atoms in total. The summed E-state index contributed by atoms with van der Waals surface area (Å²) in [6.45, 7) is 8.23. The van der Waals surface area contributed by atoms with Crippen LogP contribution < -0.4 is 5.32 Å². The minimum Gasteiger partial charge on any atom is -0.349 e. The Balaban J connectivity index is 1.69. The quantitative estimate of drug-likeness (QED) is 0.816.